The Kier molecular flexibility index (Phi) is 7.25. The molecule has 1 aromatic heterocycles. The van der Waals surface area contributed by atoms with Gasteiger partial charge in [0.2, 0.25) is 5.88 Å². The average Bonchev–Trinajstić information content (AvgIpc) is 2.73. The Morgan fingerprint density at radius 1 is 1.14 bits per heavy atom. The summed E-state index contributed by atoms with van der Waals surface area (Å²) in [5.41, 5.74) is 0.966. The number of aliphatic carboxylic acids is 1. The maximum atomic E-state index is 11.1. The summed E-state index contributed by atoms with van der Waals surface area (Å²) in [6, 6.07) is 11.8. The molecule has 3 rings (SSSR count). The van der Waals surface area contributed by atoms with Crippen LogP contribution < -0.4 is 14.8 Å². The standard InChI is InChI=1S/C22H28N2O4/c1-2-14-27-19-7-3-4-8-20(19)28-21-17(6-5-13-23-21)15-24-18-11-9-16(10-12-18)22(25)26/h3-8,13,16,18,24H,2,9-12,14-15H2,1H3,(H,25,26). The van der Waals surface area contributed by atoms with Crippen LogP contribution in [-0.2, 0) is 11.3 Å². The number of aromatic nitrogens is 1. The lowest BCUT2D eigenvalue weighted by atomic mass is 9.86. The summed E-state index contributed by atoms with van der Waals surface area (Å²) < 4.78 is 11.8. The number of pyridine rings is 1. The van der Waals surface area contributed by atoms with E-state index in [-0.39, 0.29) is 5.92 Å². The Labute approximate surface area is 165 Å². The minimum Gasteiger partial charge on any atom is -0.490 e. The van der Waals surface area contributed by atoms with Gasteiger partial charge in [-0.3, -0.25) is 4.79 Å². The monoisotopic (exact) mass is 384 g/mol. The highest BCUT2D eigenvalue weighted by Crippen LogP contribution is 2.32. The van der Waals surface area contributed by atoms with Gasteiger partial charge in [0.1, 0.15) is 0 Å². The molecular formula is C22H28N2O4. The number of ether oxygens (including phenoxy) is 2. The van der Waals surface area contributed by atoms with E-state index in [1.165, 1.54) is 0 Å². The SMILES string of the molecule is CCCOc1ccccc1Oc1ncccc1CNC1CCC(C(=O)O)CC1. The molecule has 0 atom stereocenters. The van der Waals surface area contributed by atoms with Crippen LogP contribution in [0.1, 0.15) is 44.6 Å². The number of nitrogens with zero attached hydrogens (tertiary/aromatic N) is 1. The predicted molar refractivity (Wildman–Crippen MR) is 107 cm³/mol. The number of para-hydroxylation sites is 2. The second-order valence-electron chi connectivity index (χ2n) is 7.13. The van der Waals surface area contributed by atoms with E-state index in [1.54, 1.807) is 6.20 Å². The molecule has 1 heterocycles. The second kappa shape index (κ2) is 10.1. The maximum absolute atomic E-state index is 11.1. The van der Waals surface area contributed by atoms with E-state index in [1.807, 2.05) is 36.4 Å². The van der Waals surface area contributed by atoms with Crippen LogP contribution in [0.5, 0.6) is 17.4 Å². The van der Waals surface area contributed by atoms with E-state index in [2.05, 4.69) is 17.2 Å². The molecule has 1 saturated carbocycles. The number of benzene rings is 1. The molecule has 1 aromatic carbocycles. The van der Waals surface area contributed by atoms with Gasteiger partial charge in [0.05, 0.1) is 12.5 Å². The van der Waals surface area contributed by atoms with Gasteiger partial charge in [0.15, 0.2) is 11.5 Å². The van der Waals surface area contributed by atoms with Gasteiger partial charge in [-0.1, -0.05) is 25.1 Å². The molecule has 1 fully saturated rings. The van der Waals surface area contributed by atoms with Crippen molar-refractivity contribution in [2.24, 2.45) is 5.92 Å². The summed E-state index contributed by atoms with van der Waals surface area (Å²) in [7, 11) is 0. The fourth-order valence-electron chi connectivity index (χ4n) is 3.42. The number of carboxylic acids is 1. The molecule has 6 nitrogen and oxygen atoms in total. The summed E-state index contributed by atoms with van der Waals surface area (Å²) in [5, 5.41) is 12.7. The maximum Gasteiger partial charge on any atom is 0.306 e. The minimum absolute atomic E-state index is 0.199. The molecular weight excluding hydrogens is 356 g/mol. The van der Waals surface area contributed by atoms with Gasteiger partial charge in [-0.15, -0.1) is 0 Å². The van der Waals surface area contributed by atoms with E-state index in [9.17, 15) is 4.79 Å². The van der Waals surface area contributed by atoms with Crippen molar-refractivity contribution in [2.45, 2.75) is 51.6 Å². The fourth-order valence-corrected chi connectivity index (χ4v) is 3.42. The van der Waals surface area contributed by atoms with Crippen molar-refractivity contribution in [1.29, 1.82) is 0 Å². The van der Waals surface area contributed by atoms with Crippen LogP contribution in [0.4, 0.5) is 0 Å². The summed E-state index contributed by atoms with van der Waals surface area (Å²) in [4.78, 5) is 15.5. The average molecular weight is 384 g/mol. The van der Waals surface area contributed by atoms with E-state index >= 15 is 0 Å². The third-order valence-corrected chi connectivity index (χ3v) is 5.03. The fraction of sp³-hybridized carbons (Fsp3) is 0.455. The number of nitrogens with one attached hydrogen (secondary N) is 1. The van der Waals surface area contributed by atoms with E-state index < -0.39 is 5.97 Å². The van der Waals surface area contributed by atoms with E-state index in [4.69, 9.17) is 14.6 Å². The molecule has 2 aromatic rings. The van der Waals surface area contributed by atoms with E-state index in [0.717, 1.165) is 37.7 Å². The second-order valence-corrected chi connectivity index (χ2v) is 7.13. The van der Waals surface area contributed by atoms with Gasteiger partial charge >= 0.3 is 5.97 Å². The minimum atomic E-state index is -0.676. The molecule has 0 amide bonds. The van der Waals surface area contributed by atoms with Crippen LogP contribution in [0, 0.1) is 5.92 Å². The first-order valence-corrected chi connectivity index (χ1v) is 9.97. The molecule has 0 aliphatic heterocycles. The van der Waals surface area contributed by atoms with Crippen LogP contribution in [0.25, 0.3) is 0 Å². The molecule has 1 aliphatic rings. The summed E-state index contributed by atoms with van der Waals surface area (Å²) in [5.74, 6) is 1.04. The highest BCUT2D eigenvalue weighted by atomic mass is 16.5. The molecule has 0 saturated heterocycles. The number of hydrogen-bond acceptors (Lipinski definition) is 5. The molecule has 0 radical (unpaired) electrons. The van der Waals surface area contributed by atoms with Gasteiger partial charge in [0, 0.05) is 24.3 Å². The third-order valence-electron chi connectivity index (χ3n) is 5.03. The Bertz CT molecular complexity index is 773. The van der Waals surface area contributed by atoms with Crippen molar-refractivity contribution in [3.8, 4) is 17.4 Å². The predicted octanol–water partition coefficient (Wildman–Crippen LogP) is 4.40. The molecule has 0 unspecified atom stereocenters. The van der Waals surface area contributed by atoms with Crippen molar-refractivity contribution in [2.75, 3.05) is 6.61 Å². The first kappa shape index (κ1) is 20.1. The summed E-state index contributed by atoms with van der Waals surface area (Å²) in [6.07, 6.45) is 5.85. The first-order valence-electron chi connectivity index (χ1n) is 9.97. The topological polar surface area (TPSA) is 80.7 Å². The van der Waals surface area contributed by atoms with Crippen molar-refractivity contribution >= 4 is 5.97 Å². The molecule has 2 N–H and O–H groups in total. The van der Waals surface area contributed by atoms with Crippen LogP contribution in [-0.4, -0.2) is 28.7 Å². The number of rotatable bonds is 9. The smallest absolute Gasteiger partial charge is 0.306 e. The van der Waals surface area contributed by atoms with Gasteiger partial charge in [0.25, 0.3) is 0 Å². The van der Waals surface area contributed by atoms with Crippen LogP contribution >= 0.6 is 0 Å². The Morgan fingerprint density at radius 3 is 2.61 bits per heavy atom. The van der Waals surface area contributed by atoms with Crippen molar-refractivity contribution in [3.63, 3.8) is 0 Å². The lowest BCUT2D eigenvalue weighted by molar-refractivity contribution is -0.142. The molecule has 6 heteroatoms. The van der Waals surface area contributed by atoms with E-state index in [0.29, 0.717) is 36.6 Å². The lowest BCUT2D eigenvalue weighted by Crippen LogP contribution is -2.34. The zero-order valence-corrected chi connectivity index (χ0v) is 16.3. The summed E-state index contributed by atoms with van der Waals surface area (Å²) >= 11 is 0. The Balaban J connectivity index is 1.62. The summed E-state index contributed by atoms with van der Waals surface area (Å²) in [6.45, 7) is 3.33. The zero-order chi connectivity index (χ0) is 19.8. The van der Waals surface area contributed by atoms with Crippen molar-refractivity contribution in [3.05, 3.63) is 48.2 Å². The van der Waals surface area contributed by atoms with Crippen molar-refractivity contribution in [1.82, 2.24) is 10.3 Å². The molecule has 150 valence electrons. The first-order chi connectivity index (χ1) is 13.7. The third kappa shape index (κ3) is 5.45. The van der Waals surface area contributed by atoms with Gasteiger partial charge in [-0.05, 0) is 50.3 Å². The van der Waals surface area contributed by atoms with Crippen LogP contribution in [0.2, 0.25) is 0 Å². The van der Waals surface area contributed by atoms with Gasteiger partial charge < -0.3 is 19.9 Å². The number of hydrogen-bond donors (Lipinski definition) is 2. The molecule has 0 bridgehead atoms. The van der Waals surface area contributed by atoms with Gasteiger partial charge in [-0.2, -0.15) is 0 Å². The quantitative estimate of drug-likeness (QED) is 0.667. The lowest BCUT2D eigenvalue weighted by Gasteiger charge is -2.27. The van der Waals surface area contributed by atoms with Crippen LogP contribution in [0.15, 0.2) is 42.6 Å². The Morgan fingerprint density at radius 2 is 1.89 bits per heavy atom. The number of carboxylic acid groups (broad SMARTS) is 1. The highest BCUT2D eigenvalue weighted by Gasteiger charge is 2.25. The number of carbonyl (C=O) groups is 1. The van der Waals surface area contributed by atoms with Gasteiger partial charge in [-0.25, -0.2) is 4.98 Å². The molecule has 1 aliphatic carbocycles. The normalized spacial score (nSPS) is 19.2. The molecule has 0 spiro atoms. The Hall–Kier alpha value is -2.60. The largest absolute Gasteiger partial charge is 0.490 e. The zero-order valence-electron chi connectivity index (χ0n) is 16.3. The van der Waals surface area contributed by atoms with Crippen molar-refractivity contribution < 1.29 is 19.4 Å². The molecule has 28 heavy (non-hydrogen) atoms. The van der Waals surface area contributed by atoms with Crippen LogP contribution in [0.3, 0.4) is 0 Å². The highest BCUT2D eigenvalue weighted by molar-refractivity contribution is 5.70.